The number of nitriles is 1. The zero-order chi connectivity index (χ0) is 16.4. The minimum absolute atomic E-state index is 0.408. The Hall–Kier alpha value is -2.39. The van der Waals surface area contributed by atoms with Crippen molar-refractivity contribution in [2.75, 3.05) is 5.73 Å². The van der Waals surface area contributed by atoms with Crippen LogP contribution in [0.15, 0.2) is 24.5 Å². The van der Waals surface area contributed by atoms with E-state index in [0.717, 1.165) is 35.3 Å². The normalized spacial score (nSPS) is 19.8. The average Bonchev–Trinajstić information content (AvgIpc) is 2.88. The van der Waals surface area contributed by atoms with Gasteiger partial charge in [-0.2, -0.15) is 5.26 Å². The maximum Gasteiger partial charge on any atom is 0.251 e. The van der Waals surface area contributed by atoms with Gasteiger partial charge < -0.3 is 11.5 Å². The van der Waals surface area contributed by atoms with Gasteiger partial charge in [0.25, 0.3) is 5.91 Å². The van der Waals surface area contributed by atoms with Crippen LogP contribution in [0.3, 0.4) is 0 Å². The number of hydrogen-bond donors (Lipinski definition) is 2. The van der Waals surface area contributed by atoms with Crippen molar-refractivity contribution in [1.82, 2.24) is 4.98 Å². The van der Waals surface area contributed by atoms with E-state index in [1.165, 1.54) is 11.3 Å². The molecule has 3 rings (SSSR count). The van der Waals surface area contributed by atoms with E-state index in [0.29, 0.717) is 23.4 Å². The molecular formula is C17H18N4OS. The lowest BCUT2D eigenvalue weighted by Gasteiger charge is -2.31. The number of anilines is 1. The van der Waals surface area contributed by atoms with Crippen LogP contribution in [0.1, 0.15) is 39.2 Å². The standard InChI is InChI=1S/C17H18N4OS/c18-10-17(5-3-11-2-1-7-21-9-11)6-4-12-13(8-17)23-16(20)14(12)15(19)22/h1-2,7,9H,3-6,8,20H2,(H2,19,22). The van der Waals surface area contributed by atoms with Crippen molar-refractivity contribution in [3.63, 3.8) is 0 Å². The Morgan fingerprint density at radius 2 is 2.35 bits per heavy atom. The summed E-state index contributed by atoms with van der Waals surface area (Å²) in [5.74, 6) is -0.472. The lowest BCUT2D eigenvalue weighted by Crippen LogP contribution is -2.28. The molecule has 4 N–H and O–H groups in total. The number of nitrogen functional groups attached to an aromatic ring is 1. The Kier molecular flexibility index (Phi) is 4.05. The van der Waals surface area contributed by atoms with E-state index in [2.05, 4.69) is 11.1 Å². The van der Waals surface area contributed by atoms with Gasteiger partial charge in [-0.15, -0.1) is 11.3 Å². The number of carbonyl (C=O) groups is 1. The number of pyridine rings is 1. The second kappa shape index (κ2) is 6.01. The third-order valence-electron chi connectivity index (χ3n) is 4.57. The van der Waals surface area contributed by atoms with Crippen LogP contribution in [0.2, 0.25) is 0 Å². The molecular weight excluding hydrogens is 308 g/mol. The van der Waals surface area contributed by atoms with Crippen molar-refractivity contribution in [3.8, 4) is 6.07 Å². The smallest absolute Gasteiger partial charge is 0.251 e. The molecule has 0 aliphatic heterocycles. The summed E-state index contributed by atoms with van der Waals surface area (Å²) in [6.07, 6.45) is 7.23. The number of rotatable bonds is 4. The molecule has 2 heterocycles. The summed E-state index contributed by atoms with van der Waals surface area (Å²) in [7, 11) is 0. The van der Waals surface area contributed by atoms with E-state index in [9.17, 15) is 10.1 Å². The summed E-state index contributed by atoms with van der Waals surface area (Å²) in [6, 6.07) is 6.45. The largest absolute Gasteiger partial charge is 0.390 e. The molecule has 1 aliphatic rings. The molecule has 1 unspecified atom stereocenters. The fourth-order valence-electron chi connectivity index (χ4n) is 3.27. The van der Waals surface area contributed by atoms with Crippen LogP contribution < -0.4 is 11.5 Å². The van der Waals surface area contributed by atoms with Gasteiger partial charge in [0.2, 0.25) is 0 Å². The van der Waals surface area contributed by atoms with Crippen LogP contribution in [0.4, 0.5) is 5.00 Å². The molecule has 1 atom stereocenters. The Bertz CT molecular complexity index is 778. The van der Waals surface area contributed by atoms with Crippen molar-refractivity contribution in [3.05, 3.63) is 46.1 Å². The number of aryl methyl sites for hydroxylation is 1. The van der Waals surface area contributed by atoms with Crippen molar-refractivity contribution in [2.45, 2.75) is 32.1 Å². The van der Waals surface area contributed by atoms with Crippen LogP contribution >= 0.6 is 11.3 Å². The number of amides is 1. The fraction of sp³-hybridized carbons (Fsp3) is 0.353. The highest BCUT2D eigenvalue weighted by molar-refractivity contribution is 7.16. The molecule has 2 aromatic rings. The van der Waals surface area contributed by atoms with E-state index in [1.54, 1.807) is 6.20 Å². The Morgan fingerprint density at radius 1 is 1.52 bits per heavy atom. The van der Waals surface area contributed by atoms with Crippen LogP contribution in [0, 0.1) is 16.7 Å². The minimum Gasteiger partial charge on any atom is -0.390 e. The first-order valence-corrected chi connectivity index (χ1v) is 8.36. The third-order valence-corrected chi connectivity index (χ3v) is 5.63. The Balaban J connectivity index is 1.82. The maximum atomic E-state index is 11.6. The molecule has 0 saturated carbocycles. The third kappa shape index (κ3) is 2.92. The van der Waals surface area contributed by atoms with Crippen molar-refractivity contribution >= 4 is 22.2 Å². The number of aromatic nitrogens is 1. The highest BCUT2D eigenvalue weighted by atomic mass is 32.1. The summed E-state index contributed by atoms with van der Waals surface area (Å²) in [6.45, 7) is 0. The molecule has 0 spiro atoms. The SMILES string of the molecule is N#CC1(CCc2cccnc2)CCc2c(sc(N)c2C(N)=O)C1. The predicted molar refractivity (Wildman–Crippen MR) is 89.9 cm³/mol. The second-order valence-corrected chi connectivity index (χ2v) is 7.17. The van der Waals surface area contributed by atoms with Crippen molar-refractivity contribution < 1.29 is 4.79 Å². The molecule has 1 amide bonds. The summed E-state index contributed by atoms with van der Waals surface area (Å²) in [5.41, 5.74) is 13.5. The summed E-state index contributed by atoms with van der Waals surface area (Å²) in [4.78, 5) is 16.7. The quantitative estimate of drug-likeness (QED) is 0.900. The second-order valence-electron chi connectivity index (χ2n) is 6.04. The van der Waals surface area contributed by atoms with E-state index < -0.39 is 11.3 Å². The molecule has 5 nitrogen and oxygen atoms in total. The summed E-state index contributed by atoms with van der Waals surface area (Å²) in [5, 5.41) is 10.2. The lowest BCUT2D eigenvalue weighted by molar-refractivity contribution is 0.1000. The Labute approximate surface area is 138 Å². The number of nitrogens with zero attached hydrogens (tertiary/aromatic N) is 2. The number of fused-ring (bicyclic) bond motifs is 1. The molecule has 0 bridgehead atoms. The first-order valence-electron chi connectivity index (χ1n) is 7.55. The van der Waals surface area contributed by atoms with Gasteiger partial charge in [0.05, 0.1) is 22.0 Å². The number of hydrogen-bond acceptors (Lipinski definition) is 5. The van der Waals surface area contributed by atoms with Crippen molar-refractivity contribution in [1.29, 1.82) is 5.26 Å². The highest BCUT2D eigenvalue weighted by Crippen LogP contribution is 2.44. The van der Waals surface area contributed by atoms with Gasteiger partial charge in [-0.1, -0.05) is 6.07 Å². The molecule has 23 heavy (non-hydrogen) atoms. The van der Waals surface area contributed by atoms with Gasteiger partial charge in [-0.05, 0) is 42.9 Å². The summed E-state index contributed by atoms with van der Waals surface area (Å²) >= 11 is 1.40. The van der Waals surface area contributed by atoms with Gasteiger partial charge in [-0.25, -0.2) is 0 Å². The van der Waals surface area contributed by atoms with Gasteiger partial charge in [0, 0.05) is 23.7 Å². The number of primary amides is 1. The number of nitrogens with two attached hydrogens (primary N) is 2. The predicted octanol–water partition coefficient (Wildman–Crippen LogP) is 2.46. The lowest BCUT2D eigenvalue weighted by atomic mass is 9.71. The van der Waals surface area contributed by atoms with Crippen LogP contribution in [0.5, 0.6) is 0 Å². The van der Waals surface area contributed by atoms with Crippen LogP contribution in [-0.2, 0) is 19.3 Å². The maximum absolute atomic E-state index is 11.6. The molecule has 118 valence electrons. The molecule has 0 aromatic carbocycles. The van der Waals surface area contributed by atoms with Crippen molar-refractivity contribution in [2.24, 2.45) is 11.1 Å². The molecule has 0 saturated heterocycles. The molecule has 2 aromatic heterocycles. The molecule has 1 aliphatic carbocycles. The monoisotopic (exact) mass is 326 g/mol. The highest BCUT2D eigenvalue weighted by Gasteiger charge is 2.37. The van der Waals surface area contributed by atoms with E-state index in [4.69, 9.17) is 11.5 Å². The fourth-order valence-corrected chi connectivity index (χ4v) is 4.53. The Morgan fingerprint density at radius 3 is 3.00 bits per heavy atom. The molecule has 6 heteroatoms. The van der Waals surface area contributed by atoms with E-state index in [-0.39, 0.29) is 0 Å². The topological polar surface area (TPSA) is 106 Å². The van der Waals surface area contributed by atoms with E-state index >= 15 is 0 Å². The van der Waals surface area contributed by atoms with E-state index in [1.807, 2.05) is 18.3 Å². The number of thiophene rings is 1. The molecule has 0 radical (unpaired) electrons. The average molecular weight is 326 g/mol. The molecule has 0 fully saturated rings. The van der Waals surface area contributed by atoms with Gasteiger partial charge in [-0.3, -0.25) is 9.78 Å². The van der Waals surface area contributed by atoms with Crippen LogP contribution in [-0.4, -0.2) is 10.9 Å². The zero-order valence-corrected chi connectivity index (χ0v) is 13.5. The van der Waals surface area contributed by atoms with Gasteiger partial charge in [0.15, 0.2) is 0 Å². The zero-order valence-electron chi connectivity index (χ0n) is 12.7. The van der Waals surface area contributed by atoms with Gasteiger partial charge >= 0.3 is 0 Å². The first-order chi connectivity index (χ1) is 11.0. The number of carbonyl (C=O) groups excluding carboxylic acids is 1. The minimum atomic E-state index is -0.472. The summed E-state index contributed by atoms with van der Waals surface area (Å²) < 4.78 is 0. The first kappa shape index (κ1) is 15.5. The van der Waals surface area contributed by atoms with Gasteiger partial charge in [0.1, 0.15) is 0 Å². The van der Waals surface area contributed by atoms with Crippen LogP contribution in [0.25, 0.3) is 0 Å².